The van der Waals surface area contributed by atoms with E-state index in [2.05, 4.69) is 48.4 Å². The molecule has 0 fully saturated rings. The molecule has 0 aliphatic carbocycles. The molecule has 0 saturated carbocycles. The van der Waals surface area contributed by atoms with E-state index < -0.39 is 0 Å². The number of hydrogen-bond acceptors (Lipinski definition) is 3. The summed E-state index contributed by atoms with van der Waals surface area (Å²) >= 11 is 0. The molecular weight excluding hydrogens is 234 g/mol. The van der Waals surface area contributed by atoms with Crippen molar-refractivity contribution in [2.24, 2.45) is 0 Å². The summed E-state index contributed by atoms with van der Waals surface area (Å²) in [5, 5.41) is 12.4. The van der Waals surface area contributed by atoms with Gasteiger partial charge in [0.15, 0.2) is 0 Å². The zero-order valence-electron chi connectivity index (χ0n) is 11.3. The van der Waals surface area contributed by atoms with Gasteiger partial charge in [0.25, 0.3) is 0 Å². The molecule has 1 aromatic carbocycles. The third-order valence-corrected chi connectivity index (χ3v) is 3.17. The van der Waals surface area contributed by atoms with Crippen LogP contribution in [0.2, 0.25) is 0 Å². The van der Waals surface area contributed by atoms with Crippen molar-refractivity contribution >= 4 is 11.5 Å². The topological polar surface area (TPSA) is 48.7 Å². The zero-order chi connectivity index (χ0) is 13.7. The minimum Gasteiger partial charge on any atom is -0.339 e. The fourth-order valence-corrected chi connectivity index (χ4v) is 2.12. The Balaban J connectivity index is 2.46. The number of nitriles is 1. The summed E-state index contributed by atoms with van der Waals surface area (Å²) in [6, 6.07) is 12.0. The van der Waals surface area contributed by atoms with Crippen molar-refractivity contribution in [2.75, 3.05) is 5.32 Å². The van der Waals surface area contributed by atoms with Crippen LogP contribution < -0.4 is 5.32 Å². The van der Waals surface area contributed by atoms with Gasteiger partial charge in [0.1, 0.15) is 11.9 Å². The number of nitrogens with zero attached hydrogens (tertiary/aromatic N) is 2. The highest BCUT2D eigenvalue weighted by Gasteiger charge is 2.09. The minimum atomic E-state index is 0.565. The smallest absolute Gasteiger partial charge is 0.148 e. The molecule has 0 atom stereocenters. The molecule has 2 rings (SSSR count). The van der Waals surface area contributed by atoms with E-state index >= 15 is 0 Å². The summed E-state index contributed by atoms with van der Waals surface area (Å²) < 4.78 is 0. The van der Waals surface area contributed by atoms with Crippen molar-refractivity contribution in [2.45, 2.75) is 26.7 Å². The lowest BCUT2D eigenvalue weighted by molar-refractivity contribution is 1.08. The summed E-state index contributed by atoms with van der Waals surface area (Å²) in [6.07, 6.45) is 3.60. The fourth-order valence-electron chi connectivity index (χ4n) is 2.12. The molecule has 0 aliphatic rings. The van der Waals surface area contributed by atoms with Crippen LogP contribution in [0.3, 0.4) is 0 Å². The molecule has 1 N–H and O–H groups in total. The highest BCUT2D eigenvalue weighted by Crippen LogP contribution is 2.26. The number of pyridine rings is 1. The summed E-state index contributed by atoms with van der Waals surface area (Å²) in [4.78, 5) is 4.26. The van der Waals surface area contributed by atoms with Crippen LogP contribution in [0.5, 0.6) is 0 Å². The number of para-hydroxylation sites is 1. The standard InChI is InChI=1S/C16H17N3/c1-3-12-7-5-8-13(4-2)15(12)19-16-14(11-17)9-6-10-18-16/h5-10H,3-4H2,1-2H3,(H,18,19). The van der Waals surface area contributed by atoms with Crippen molar-refractivity contribution in [3.05, 3.63) is 53.2 Å². The number of rotatable bonds is 4. The number of anilines is 2. The van der Waals surface area contributed by atoms with Gasteiger partial charge in [0, 0.05) is 11.9 Å². The number of benzene rings is 1. The predicted molar refractivity (Wildman–Crippen MR) is 77.4 cm³/mol. The maximum atomic E-state index is 9.12. The molecule has 0 radical (unpaired) electrons. The van der Waals surface area contributed by atoms with E-state index in [0.717, 1.165) is 18.5 Å². The van der Waals surface area contributed by atoms with E-state index in [1.165, 1.54) is 11.1 Å². The molecule has 0 saturated heterocycles. The van der Waals surface area contributed by atoms with Gasteiger partial charge in [-0.15, -0.1) is 0 Å². The van der Waals surface area contributed by atoms with Crippen molar-refractivity contribution in [3.8, 4) is 6.07 Å². The Bertz CT molecular complexity index is 589. The van der Waals surface area contributed by atoms with Crippen molar-refractivity contribution in [1.29, 1.82) is 5.26 Å². The monoisotopic (exact) mass is 251 g/mol. The molecule has 0 bridgehead atoms. The normalized spacial score (nSPS) is 9.95. The van der Waals surface area contributed by atoms with Gasteiger partial charge >= 0.3 is 0 Å². The van der Waals surface area contributed by atoms with Crippen molar-refractivity contribution in [1.82, 2.24) is 4.98 Å². The van der Waals surface area contributed by atoms with Gasteiger partial charge in [0.05, 0.1) is 5.56 Å². The van der Waals surface area contributed by atoms with Gasteiger partial charge in [-0.25, -0.2) is 4.98 Å². The summed E-state index contributed by atoms with van der Waals surface area (Å²) in [7, 11) is 0. The Labute approximate surface area is 113 Å². The first-order valence-electron chi connectivity index (χ1n) is 6.53. The first-order chi connectivity index (χ1) is 9.30. The molecule has 3 nitrogen and oxygen atoms in total. The van der Waals surface area contributed by atoms with Crippen molar-refractivity contribution in [3.63, 3.8) is 0 Å². The van der Waals surface area contributed by atoms with Crippen LogP contribution in [0.15, 0.2) is 36.5 Å². The molecule has 0 aliphatic heterocycles. The lowest BCUT2D eigenvalue weighted by Crippen LogP contribution is -2.02. The molecule has 0 spiro atoms. The van der Waals surface area contributed by atoms with Crippen LogP contribution >= 0.6 is 0 Å². The van der Waals surface area contributed by atoms with E-state index in [1.807, 2.05) is 0 Å². The SMILES string of the molecule is CCc1cccc(CC)c1Nc1ncccc1C#N. The molecule has 1 aromatic heterocycles. The molecule has 1 heterocycles. The lowest BCUT2D eigenvalue weighted by Gasteiger charge is -2.15. The Morgan fingerprint density at radius 2 is 1.79 bits per heavy atom. The van der Waals surface area contributed by atoms with Crippen LogP contribution in [-0.2, 0) is 12.8 Å². The third kappa shape index (κ3) is 2.74. The van der Waals surface area contributed by atoms with E-state index in [9.17, 15) is 0 Å². The molecular formula is C16H17N3. The molecule has 0 amide bonds. The Kier molecular flexibility index (Phi) is 4.15. The first-order valence-corrected chi connectivity index (χ1v) is 6.53. The van der Waals surface area contributed by atoms with E-state index in [1.54, 1.807) is 18.3 Å². The third-order valence-electron chi connectivity index (χ3n) is 3.17. The van der Waals surface area contributed by atoms with Gasteiger partial charge in [-0.05, 0) is 36.1 Å². The lowest BCUT2D eigenvalue weighted by atomic mass is 10.0. The van der Waals surface area contributed by atoms with Gasteiger partial charge in [-0.2, -0.15) is 5.26 Å². The summed E-state index contributed by atoms with van der Waals surface area (Å²) in [6.45, 7) is 4.26. The van der Waals surface area contributed by atoms with E-state index in [-0.39, 0.29) is 0 Å². The quantitative estimate of drug-likeness (QED) is 0.898. The average Bonchev–Trinajstić information content (AvgIpc) is 2.48. The zero-order valence-corrected chi connectivity index (χ0v) is 11.3. The second-order valence-electron chi connectivity index (χ2n) is 4.29. The Morgan fingerprint density at radius 1 is 1.11 bits per heavy atom. The maximum absolute atomic E-state index is 9.12. The van der Waals surface area contributed by atoms with Gasteiger partial charge in [0.2, 0.25) is 0 Å². The average molecular weight is 251 g/mol. The number of aryl methyl sites for hydroxylation is 2. The van der Waals surface area contributed by atoms with Crippen LogP contribution in [0.1, 0.15) is 30.5 Å². The second kappa shape index (κ2) is 6.01. The highest BCUT2D eigenvalue weighted by molar-refractivity contribution is 5.68. The fraction of sp³-hybridized carbons (Fsp3) is 0.250. The summed E-state index contributed by atoms with van der Waals surface area (Å²) in [5.41, 5.74) is 4.14. The van der Waals surface area contributed by atoms with Crippen LogP contribution in [0.25, 0.3) is 0 Å². The highest BCUT2D eigenvalue weighted by atomic mass is 15.0. The molecule has 3 heteroatoms. The largest absolute Gasteiger partial charge is 0.339 e. The maximum Gasteiger partial charge on any atom is 0.148 e. The Hall–Kier alpha value is -2.34. The van der Waals surface area contributed by atoms with Crippen LogP contribution in [0.4, 0.5) is 11.5 Å². The number of nitrogens with one attached hydrogen (secondary N) is 1. The molecule has 0 unspecified atom stereocenters. The van der Waals surface area contributed by atoms with Gasteiger partial charge < -0.3 is 5.32 Å². The number of aromatic nitrogens is 1. The first kappa shape index (κ1) is 13.1. The summed E-state index contributed by atoms with van der Waals surface area (Å²) in [5.74, 6) is 0.626. The molecule has 19 heavy (non-hydrogen) atoms. The minimum absolute atomic E-state index is 0.565. The molecule has 96 valence electrons. The molecule has 2 aromatic rings. The Morgan fingerprint density at radius 3 is 2.37 bits per heavy atom. The van der Waals surface area contributed by atoms with Gasteiger partial charge in [-0.1, -0.05) is 32.0 Å². The second-order valence-corrected chi connectivity index (χ2v) is 4.29. The predicted octanol–water partition coefficient (Wildman–Crippen LogP) is 3.82. The van der Waals surface area contributed by atoms with Gasteiger partial charge in [-0.3, -0.25) is 0 Å². The van der Waals surface area contributed by atoms with E-state index in [4.69, 9.17) is 5.26 Å². The van der Waals surface area contributed by atoms with Crippen molar-refractivity contribution < 1.29 is 0 Å². The van der Waals surface area contributed by atoms with Crippen LogP contribution in [0, 0.1) is 11.3 Å². The number of hydrogen-bond donors (Lipinski definition) is 1. The van der Waals surface area contributed by atoms with E-state index in [0.29, 0.717) is 11.4 Å². The van der Waals surface area contributed by atoms with Crippen LogP contribution in [-0.4, -0.2) is 4.98 Å².